The molecular formula is C17H22N2O. The molecule has 2 heterocycles. The van der Waals surface area contributed by atoms with E-state index >= 15 is 0 Å². The fourth-order valence-electron chi connectivity index (χ4n) is 3.12. The Kier molecular flexibility index (Phi) is 4.28. The molecule has 1 aromatic heterocycles. The van der Waals surface area contributed by atoms with E-state index in [0.717, 1.165) is 31.1 Å². The third kappa shape index (κ3) is 2.84. The van der Waals surface area contributed by atoms with Crippen LogP contribution in [0.5, 0.6) is 0 Å². The van der Waals surface area contributed by atoms with Crippen molar-refractivity contribution in [3.8, 4) is 0 Å². The van der Waals surface area contributed by atoms with Gasteiger partial charge < -0.3 is 10.1 Å². The number of para-hydroxylation sites is 1. The van der Waals surface area contributed by atoms with E-state index in [2.05, 4.69) is 34.6 Å². The van der Waals surface area contributed by atoms with Gasteiger partial charge in [-0.15, -0.1) is 0 Å². The second-order valence-corrected chi connectivity index (χ2v) is 5.56. The third-order valence-corrected chi connectivity index (χ3v) is 4.30. The van der Waals surface area contributed by atoms with Crippen molar-refractivity contribution in [1.29, 1.82) is 0 Å². The molecule has 20 heavy (non-hydrogen) atoms. The summed E-state index contributed by atoms with van der Waals surface area (Å²) in [5, 5.41) is 4.70. The first-order valence-corrected chi connectivity index (χ1v) is 7.47. The lowest BCUT2D eigenvalue weighted by Crippen LogP contribution is -2.24. The van der Waals surface area contributed by atoms with Crippen molar-refractivity contribution in [2.75, 3.05) is 20.3 Å². The van der Waals surface area contributed by atoms with Gasteiger partial charge in [-0.3, -0.25) is 4.98 Å². The number of aromatic nitrogens is 1. The van der Waals surface area contributed by atoms with Gasteiger partial charge in [0.25, 0.3) is 0 Å². The van der Waals surface area contributed by atoms with Crippen LogP contribution in [0.15, 0.2) is 36.5 Å². The lowest BCUT2D eigenvalue weighted by molar-refractivity contribution is 0.0608. The number of pyridine rings is 1. The minimum absolute atomic E-state index is 0.372. The molecule has 0 bridgehead atoms. The minimum Gasteiger partial charge on any atom is -0.381 e. The summed E-state index contributed by atoms with van der Waals surface area (Å²) in [5.41, 5.74) is 2.44. The number of benzene rings is 1. The number of ether oxygens (including phenoxy) is 1. The van der Waals surface area contributed by atoms with Gasteiger partial charge >= 0.3 is 0 Å². The average Bonchev–Trinajstić information content (AvgIpc) is 2.53. The number of rotatable bonds is 4. The largest absolute Gasteiger partial charge is 0.381 e. The Bertz CT molecular complexity index is 558. The second kappa shape index (κ2) is 6.33. The SMILES string of the molecule is CNC(CC1CCOCC1)c1cccc2cccnc12. The van der Waals surface area contributed by atoms with E-state index < -0.39 is 0 Å². The van der Waals surface area contributed by atoms with Crippen LogP contribution in [-0.2, 0) is 4.74 Å². The van der Waals surface area contributed by atoms with Crippen LogP contribution in [0.1, 0.15) is 30.9 Å². The molecule has 3 heteroatoms. The number of hydrogen-bond donors (Lipinski definition) is 1. The lowest BCUT2D eigenvalue weighted by Gasteiger charge is -2.27. The van der Waals surface area contributed by atoms with Gasteiger partial charge in [0.15, 0.2) is 0 Å². The maximum Gasteiger partial charge on any atom is 0.0749 e. The van der Waals surface area contributed by atoms with Gasteiger partial charge in [0.2, 0.25) is 0 Å². The van der Waals surface area contributed by atoms with Crippen molar-refractivity contribution in [3.05, 3.63) is 42.1 Å². The Labute approximate surface area is 120 Å². The van der Waals surface area contributed by atoms with Crippen LogP contribution in [0.25, 0.3) is 10.9 Å². The normalized spacial score (nSPS) is 18.2. The van der Waals surface area contributed by atoms with Crippen LogP contribution in [0, 0.1) is 5.92 Å². The summed E-state index contributed by atoms with van der Waals surface area (Å²) in [6.07, 6.45) is 5.40. The van der Waals surface area contributed by atoms with Gasteiger partial charge in [0.1, 0.15) is 0 Å². The molecule has 1 atom stereocenters. The first-order chi connectivity index (χ1) is 9.88. The number of nitrogens with one attached hydrogen (secondary N) is 1. The smallest absolute Gasteiger partial charge is 0.0749 e. The molecule has 1 aliphatic heterocycles. The second-order valence-electron chi connectivity index (χ2n) is 5.56. The Hall–Kier alpha value is -1.45. The maximum absolute atomic E-state index is 5.46. The summed E-state index contributed by atoms with van der Waals surface area (Å²) in [7, 11) is 2.05. The van der Waals surface area contributed by atoms with Crippen molar-refractivity contribution in [2.24, 2.45) is 5.92 Å². The van der Waals surface area contributed by atoms with Gasteiger partial charge in [-0.2, -0.15) is 0 Å². The highest BCUT2D eigenvalue weighted by molar-refractivity contribution is 5.81. The van der Waals surface area contributed by atoms with E-state index in [9.17, 15) is 0 Å². The molecule has 0 radical (unpaired) electrons. The molecule has 1 unspecified atom stereocenters. The van der Waals surface area contributed by atoms with Crippen LogP contribution < -0.4 is 5.32 Å². The van der Waals surface area contributed by atoms with Crippen LogP contribution in [0.2, 0.25) is 0 Å². The molecule has 1 fully saturated rings. The van der Waals surface area contributed by atoms with Crippen molar-refractivity contribution in [3.63, 3.8) is 0 Å². The molecule has 1 aliphatic rings. The number of nitrogens with zero attached hydrogens (tertiary/aromatic N) is 1. The molecule has 106 valence electrons. The fourth-order valence-corrected chi connectivity index (χ4v) is 3.12. The highest BCUT2D eigenvalue weighted by Gasteiger charge is 2.21. The summed E-state index contributed by atoms with van der Waals surface area (Å²) >= 11 is 0. The Morgan fingerprint density at radius 3 is 2.85 bits per heavy atom. The zero-order valence-corrected chi connectivity index (χ0v) is 12.0. The highest BCUT2D eigenvalue weighted by atomic mass is 16.5. The number of hydrogen-bond acceptors (Lipinski definition) is 3. The van der Waals surface area contributed by atoms with Crippen molar-refractivity contribution < 1.29 is 4.74 Å². The molecule has 3 rings (SSSR count). The van der Waals surface area contributed by atoms with Gasteiger partial charge in [-0.25, -0.2) is 0 Å². The topological polar surface area (TPSA) is 34.1 Å². The van der Waals surface area contributed by atoms with Crippen LogP contribution in [0.3, 0.4) is 0 Å². The lowest BCUT2D eigenvalue weighted by atomic mass is 9.89. The molecular weight excluding hydrogens is 248 g/mol. The van der Waals surface area contributed by atoms with Crippen LogP contribution in [0.4, 0.5) is 0 Å². The van der Waals surface area contributed by atoms with E-state index in [1.807, 2.05) is 19.3 Å². The van der Waals surface area contributed by atoms with Gasteiger partial charge in [0, 0.05) is 30.8 Å². The van der Waals surface area contributed by atoms with E-state index in [1.165, 1.54) is 23.8 Å². The molecule has 1 aromatic carbocycles. The zero-order valence-electron chi connectivity index (χ0n) is 12.0. The van der Waals surface area contributed by atoms with E-state index in [1.54, 1.807) is 0 Å². The molecule has 0 amide bonds. The van der Waals surface area contributed by atoms with E-state index in [-0.39, 0.29) is 0 Å². The first kappa shape index (κ1) is 13.5. The Morgan fingerprint density at radius 2 is 2.05 bits per heavy atom. The zero-order chi connectivity index (χ0) is 13.8. The maximum atomic E-state index is 5.46. The molecule has 1 saturated heterocycles. The van der Waals surface area contributed by atoms with Gasteiger partial charge in [0.05, 0.1) is 5.52 Å². The number of fused-ring (bicyclic) bond motifs is 1. The molecule has 0 aliphatic carbocycles. The van der Waals surface area contributed by atoms with Crippen molar-refractivity contribution in [1.82, 2.24) is 10.3 Å². The first-order valence-electron chi connectivity index (χ1n) is 7.47. The predicted molar refractivity (Wildman–Crippen MR) is 81.7 cm³/mol. The summed E-state index contributed by atoms with van der Waals surface area (Å²) < 4.78 is 5.46. The molecule has 0 spiro atoms. The fraction of sp³-hybridized carbons (Fsp3) is 0.471. The Morgan fingerprint density at radius 1 is 1.25 bits per heavy atom. The molecule has 2 aromatic rings. The standard InChI is InChI=1S/C17H22N2O/c1-18-16(12-13-7-10-20-11-8-13)15-6-2-4-14-5-3-9-19-17(14)15/h2-6,9,13,16,18H,7-8,10-12H2,1H3. The quantitative estimate of drug-likeness (QED) is 0.925. The van der Waals surface area contributed by atoms with Crippen molar-refractivity contribution in [2.45, 2.75) is 25.3 Å². The minimum atomic E-state index is 0.372. The van der Waals surface area contributed by atoms with Gasteiger partial charge in [-0.05, 0) is 43.9 Å². The van der Waals surface area contributed by atoms with Crippen molar-refractivity contribution >= 4 is 10.9 Å². The van der Waals surface area contributed by atoms with Gasteiger partial charge in [-0.1, -0.05) is 24.3 Å². The summed E-state index contributed by atoms with van der Waals surface area (Å²) in [4.78, 5) is 4.58. The highest BCUT2D eigenvalue weighted by Crippen LogP contribution is 2.30. The van der Waals surface area contributed by atoms with E-state index in [0.29, 0.717) is 6.04 Å². The van der Waals surface area contributed by atoms with Crippen LogP contribution >= 0.6 is 0 Å². The monoisotopic (exact) mass is 270 g/mol. The average molecular weight is 270 g/mol. The molecule has 0 saturated carbocycles. The Balaban J connectivity index is 1.86. The predicted octanol–water partition coefficient (Wildman–Crippen LogP) is 3.31. The van der Waals surface area contributed by atoms with Crippen LogP contribution in [-0.4, -0.2) is 25.2 Å². The third-order valence-electron chi connectivity index (χ3n) is 4.30. The summed E-state index contributed by atoms with van der Waals surface area (Å²) in [6, 6.07) is 11.0. The molecule has 1 N–H and O–H groups in total. The summed E-state index contributed by atoms with van der Waals surface area (Å²) in [6.45, 7) is 1.82. The molecule has 3 nitrogen and oxygen atoms in total. The van der Waals surface area contributed by atoms with E-state index in [4.69, 9.17) is 4.74 Å². The summed E-state index contributed by atoms with van der Waals surface area (Å²) in [5.74, 6) is 0.750.